The molecule has 0 aromatic rings. The molecular formula is C44H86NO7. The van der Waals surface area contributed by atoms with Crippen molar-refractivity contribution in [3.05, 3.63) is 6.42 Å². The molecule has 0 aromatic heterocycles. The van der Waals surface area contributed by atoms with Crippen molar-refractivity contribution in [3.8, 4) is 0 Å². The lowest BCUT2D eigenvalue weighted by atomic mass is 10.0. The van der Waals surface area contributed by atoms with Gasteiger partial charge in [-0.05, 0) is 45.2 Å². The Morgan fingerprint density at radius 3 is 1.58 bits per heavy atom. The number of hydrogen-bond donors (Lipinski definition) is 0. The third kappa shape index (κ3) is 35.6. The Morgan fingerprint density at radius 2 is 1.04 bits per heavy atom. The first kappa shape index (κ1) is 50.6. The van der Waals surface area contributed by atoms with Crippen LogP contribution in [0.2, 0.25) is 0 Å². The molecule has 0 fully saturated rings. The number of carbonyl (C=O) groups excluding carboxylic acids is 2. The maximum atomic E-state index is 12.9. The van der Waals surface area contributed by atoms with Gasteiger partial charge in [0, 0.05) is 32.1 Å². The molecule has 8 heteroatoms. The van der Waals surface area contributed by atoms with Gasteiger partial charge in [0.05, 0.1) is 19.6 Å². The Labute approximate surface area is 322 Å². The number of unbranched alkanes of at least 4 members (excludes halogenated alkanes) is 20. The monoisotopic (exact) mass is 741 g/mol. The van der Waals surface area contributed by atoms with Crippen molar-refractivity contribution in [3.63, 3.8) is 0 Å². The van der Waals surface area contributed by atoms with Crippen LogP contribution in [-0.2, 0) is 28.5 Å². The Kier molecular flexibility index (Phi) is 39.7. The molecule has 52 heavy (non-hydrogen) atoms. The summed E-state index contributed by atoms with van der Waals surface area (Å²) in [4.78, 5) is 27.6. The fraction of sp³-hybridized carbons (Fsp3) is 0.932. The quantitative estimate of drug-likeness (QED) is 0.0348. The Bertz CT molecular complexity index is 728. The molecule has 1 radical (unpaired) electrons. The molecule has 0 spiro atoms. The molecule has 0 amide bonds. The van der Waals surface area contributed by atoms with Gasteiger partial charge in [0.25, 0.3) is 0 Å². The molecule has 309 valence electrons. The smallest absolute Gasteiger partial charge is 0.465 e. The summed E-state index contributed by atoms with van der Waals surface area (Å²) in [6.45, 7) is 15.8. The normalized spacial score (nSPS) is 12.1. The molecule has 0 heterocycles. The van der Waals surface area contributed by atoms with Gasteiger partial charge in [-0.1, -0.05) is 163 Å². The van der Waals surface area contributed by atoms with E-state index in [1.54, 1.807) is 0 Å². The maximum absolute atomic E-state index is 12.9. The van der Waals surface area contributed by atoms with Gasteiger partial charge in [0.15, 0.2) is 6.29 Å². The van der Waals surface area contributed by atoms with E-state index in [0.717, 1.165) is 58.2 Å². The molecule has 0 aliphatic heterocycles. The van der Waals surface area contributed by atoms with E-state index in [4.69, 9.17) is 23.7 Å². The molecule has 8 nitrogen and oxygen atoms in total. The molecule has 0 aliphatic carbocycles. The van der Waals surface area contributed by atoms with E-state index in [-0.39, 0.29) is 37.8 Å². The van der Waals surface area contributed by atoms with Gasteiger partial charge in [0.1, 0.15) is 6.61 Å². The summed E-state index contributed by atoms with van der Waals surface area (Å²) < 4.78 is 28.9. The Hall–Kier alpha value is -1.38. The summed E-state index contributed by atoms with van der Waals surface area (Å²) in [6, 6.07) is 0. The minimum Gasteiger partial charge on any atom is -0.465 e. The number of nitrogens with zero attached hydrogens (tertiary/aromatic N) is 1. The van der Waals surface area contributed by atoms with Crippen LogP contribution in [-0.4, -0.2) is 76.0 Å². The molecule has 0 aromatic carbocycles. The van der Waals surface area contributed by atoms with Crippen molar-refractivity contribution in [2.24, 2.45) is 5.92 Å². The highest BCUT2D eigenvalue weighted by Crippen LogP contribution is 2.17. The van der Waals surface area contributed by atoms with E-state index in [2.05, 4.69) is 45.9 Å². The largest absolute Gasteiger partial charge is 0.508 e. The number of esters is 1. The van der Waals surface area contributed by atoms with E-state index in [9.17, 15) is 9.59 Å². The van der Waals surface area contributed by atoms with Crippen LogP contribution in [0.1, 0.15) is 202 Å². The van der Waals surface area contributed by atoms with Crippen LogP contribution in [0, 0.1) is 12.3 Å². The van der Waals surface area contributed by atoms with Gasteiger partial charge >= 0.3 is 12.1 Å². The van der Waals surface area contributed by atoms with Gasteiger partial charge in [-0.2, -0.15) is 0 Å². The van der Waals surface area contributed by atoms with Crippen LogP contribution >= 0.6 is 0 Å². The lowest BCUT2D eigenvalue weighted by Gasteiger charge is -2.20. The van der Waals surface area contributed by atoms with Gasteiger partial charge in [0.2, 0.25) is 0 Å². The molecule has 0 bridgehead atoms. The lowest BCUT2D eigenvalue weighted by Crippen LogP contribution is -2.26. The van der Waals surface area contributed by atoms with Crippen molar-refractivity contribution >= 4 is 12.1 Å². The minimum absolute atomic E-state index is 0.0507. The summed E-state index contributed by atoms with van der Waals surface area (Å²) in [5, 5.41) is 0. The van der Waals surface area contributed by atoms with Gasteiger partial charge < -0.3 is 28.6 Å². The second-order valence-corrected chi connectivity index (χ2v) is 14.8. The zero-order chi connectivity index (χ0) is 38.2. The zero-order valence-electron chi connectivity index (χ0n) is 35.1. The number of ether oxygens (including phenoxy) is 5. The number of rotatable bonds is 41. The van der Waals surface area contributed by atoms with E-state index in [0.29, 0.717) is 26.2 Å². The number of carbonyl (C=O) groups is 2. The van der Waals surface area contributed by atoms with Gasteiger partial charge in [-0.25, -0.2) is 4.79 Å². The molecule has 0 aliphatic rings. The molecular weight excluding hydrogens is 654 g/mol. The molecule has 1 unspecified atom stereocenters. The van der Waals surface area contributed by atoms with E-state index < -0.39 is 6.16 Å². The summed E-state index contributed by atoms with van der Waals surface area (Å²) in [5.74, 6) is -0.303. The highest BCUT2D eigenvalue weighted by Gasteiger charge is 2.18. The summed E-state index contributed by atoms with van der Waals surface area (Å²) in [6.07, 6.45) is 30.5. The topological polar surface area (TPSA) is 83.5 Å². The van der Waals surface area contributed by atoms with Gasteiger partial charge in [-0.15, -0.1) is 0 Å². The van der Waals surface area contributed by atoms with Crippen molar-refractivity contribution in [2.45, 2.75) is 208 Å². The van der Waals surface area contributed by atoms with E-state index in [1.807, 2.05) is 0 Å². The third-order valence-corrected chi connectivity index (χ3v) is 9.94. The van der Waals surface area contributed by atoms with Crippen LogP contribution in [0.4, 0.5) is 4.79 Å². The standard InChI is InChI=1S/C44H86NO7/c1-6-11-14-17-20-21-22-25-28-32-41(40-52-44(47)50-38-31-35-45(9-4)10-5)39-51-42(46)33-34-43(48-36-29-26-23-18-15-12-7-2)49-37-30-27-24-19-16-13-8-3/h6,41,43H,7-40H2,1-5H3. The fourth-order valence-corrected chi connectivity index (χ4v) is 6.37. The highest BCUT2D eigenvalue weighted by atomic mass is 16.7. The van der Waals surface area contributed by atoms with Crippen molar-refractivity contribution < 1.29 is 33.3 Å². The number of hydrogen-bond acceptors (Lipinski definition) is 8. The van der Waals surface area contributed by atoms with Crippen LogP contribution in [0.25, 0.3) is 0 Å². The van der Waals surface area contributed by atoms with Gasteiger partial charge in [-0.3, -0.25) is 4.79 Å². The van der Waals surface area contributed by atoms with Crippen LogP contribution in [0.3, 0.4) is 0 Å². The first-order valence-corrected chi connectivity index (χ1v) is 22.2. The summed E-state index contributed by atoms with van der Waals surface area (Å²) in [7, 11) is 0. The predicted octanol–water partition coefficient (Wildman–Crippen LogP) is 12.4. The first-order valence-electron chi connectivity index (χ1n) is 22.2. The molecule has 0 N–H and O–H groups in total. The Morgan fingerprint density at radius 1 is 0.538 bits per heavy atom. The summed E-state index contributed by atoms with van der Waals surface area (Å²) in [5.41, 5.74) is 0. The molecule has 0 rings (SSSR count). The second kappa shape index (κ2) is 40.8. The van der Waals surface area contributed by atoms with Crippen LogP contribution < -0.4 is 0 Å². The predicted molar refractivity (Wildman–Crippen MR) is 217 cm³/mol. The Balaban J connectivity index is 4.79. The maximum Gasteiger partial charge on any atom is 0.508 e. The second-order valence-electron chi connectivity index (χ2n) is 14.8. The summed E-state index contributed by atoms with van der Waals surface area (Å²) >= 11 is 0. The molecule has 0 saturated carbocycles. The SMILES string of the molecule is C[CH]CCCCCCCCCC(COC(=O)CCC(OCCCCCCCCC)OCCCCCCCCC)COC(=O)OCCCN(CC)CC. The van der Waals surface area contributed by atoms with E-state index >= 15 is 0 Å². The lowest BCUT2D eigenvalue weighted by molar-refractivity contribution is -0.160. The van der Waals surface area contributed by atoms with Crippen molar-refractivity contribution in [1.82, 2.24) is 4.90 Å². The minimum atomic E-state index is -0.640. The average molecular weight is 741 g/mol. The van der Waals surface area contributed by atoms with E-state index in [1.165, 1.54) is 116 Å². The van der Waals surface area contributed by atoms with Crippen molar-refractivity contribution in [2.75, 3.05) is 52.7 Å². The zero-order valence-corrected chi connectivity index (χ0v) is 35.1. The third-order valence-electron chi connectivity index (χ3n) is 9.94. The fourth-order valence-electron chi connectivity index (χ4n) is 6.37. The average Bonchev–Trinajstić information content (AvgIpc) is 3.15. The van der Waals surface area contributed by atoms with Crippen LogP contribution in [0.5, 0.6) is 0 Å². The molecule has 1 atom stereocenters. The van der Waals surface area contributed by atoms with Crippen molar-refractivity contribution in [1.29, 1.82) is 0 Å². The van der Waals surface area contributed by atoms with Crippen LogP contribution in [0.15, 0.2) is 0 Å². The highest BCUT2D eigenvalue weighted by molar-refractivity contribution is 5.69. The molecule has 0 saturated heterocycles. The first-order chi connectivity index (χ1) is 25.5.